The second-order valence-electron chi connectivity index (χ2n) is 6.59. The van der Waals surface area contributed by atoms with Crippen LogP contribution in [0.2, 0.25) is 0 Å². The zero-order valence-corrected chi connectivity index (χ0v) is 16.6. The molecule has 4 rings (SSSR count). The molecule has 0 aliphatic heterocycles. The predicted molar refractivity (Wildman–Crippen MR) is 117 cm³/mol. The van der Waals surface area contributed by atoms with Crippen LogP contribution in [0.25, 0.3) is 20.8 Å². The molecule has 2 amide bonds. The Morgan fingerprint density at radius 3 is 2.41 bits per heavy atom. The molecule has 2 N–H and O–H groups in total. The number of nitrogens with zero attached hydrogens (tertiary/aromatic N) is 1. The summed E-state index contributed by atoms with van der Waals surface area (Å²) in [5.74, 6) is -0.275. The van der Waals surface area contributed by atoms with Crippen molar-refractivity contribution in [2.75, 3.05) is 5.32 Å². The summed E-state index contributed by atoms with van der Waals surface area (Å²) in [4.78, 5) is 28.5. The Bertz CT molecular complexity index is 1150. The van der Waals surface area contributed by atoms with Gasteiger partial charge in [0.05, 0.1) is 15.9 Å². The van der Waals surface area contributed by atoms with Gasteiger partial charge in [0, 0.05) is 24.6 Å². The van der Waals surface area contributed by atoms with Crippen LogP contribution in [0.3, 0.4) is 0 Å². The third kappa shape index (κ3) is 4.33. The fourth-order valence-electron chi connectivity index (χ4n) is 2.96. The van der Waals surface area contributed by atoms with Gasteiger partial charge >= 0.3 is 0 Å². The van der Waals surface area contributed by atoms with Crippen LogP contribution < -0.4 is 10.6 Å². The van der Waals surface area contributed by atoms with Gasteiger partial charge in [-0.05, 0) is 42.0 Å². The van der Waals surface area contributed by atoms with Crippen molar-refractivity contribution in [3.05, 3.63) is 83.9 Å². The zero-order chi connectivity index (χ0) is 20.2. The van der Waals surface area contributed by atoms with Gasteiger partial charge in [-0.2, -0.15) is 0 Å². The molecule has 5 nitrogen and oxygen atoms in total. The van der Waals surface area contributed by atoms with Gasteiger partial charge in [-0.1, -0.05) is 36.4 Å². The van der Waals surface area contributed by atoms with E-state index in [1.807, 2.05) is 60.7 Å². The second-order valence-corrected chi connectivity index (χ2v) is 7.62. The Morgan fingerprint density at radius 2 is 1.66 bits per heavy atom. The molecule has 1 heterocycles. The molecule has 0 saturated carbocycles. The summed E-state index contributed by atoms with van der Waals surface area (Å²) in [5.41, 5.74) is 4.05. The van der Waals surface area contributed by atoms with Crippen molar-refractivity contribution in [1.29, 1.82) is 0 Å². The number of hydrogen-bond donors (Lipinski definition) is 2. The molecule has 3 aromatic carbocycles. The molecule has 0 atom stereocenters. The first kappa shape index (κ1) is 18.8. The second kappa shape index (κ2) is 8.24. The van der Waals surface area contributed by atoms with Crippen LogP contribution >= 0.6 is 11.3 Å². The zero-order valence-electron chi connectivity index (χ0n) is 15.8. The van der Waals surface area contributed by atoms with E-state index in [0.29, 0.717) is 12.1 Å². The number of hydrogen-bond acceptors (Lipinski definition) is 4. The largest absolute Gasteiger partial charge is 0.352 e. The Labute approximate surface area is 172 Å². The normalized spacial score (nSPS) is 10.7. The Balaban J connectivity index is 1.55. The van der Waals surface area contributed by atoms with Crippen LogP contribution in [-0.4, -0.2) is 16.8 Å². The number of carbonyl (C=O) groups is 2. The van der Waals surface area contributed by atoms with E-state index in [0.717, 1.165) is 32.0 Å². The fraction of sp³-hybridized carbons (Fsp3) is 0.0870. The van der Waals surface area contributed by atoms with E-state index in [-0.39, 0.29) is 11.8 Å². The van der Waals surface area contributed by atoms with Gasteiger partial charge < -0.3 is 10.6 Å². The van der Waals surface area contributed by atoms with Gasteiger partial charge in [0.2, 0.25) is 5.91 Å². The first-order valence-corrected chi connectivity index (χ1v) is 10.0. The van der Waals surface area contributed by atoms with Gasteiger partial charge in [-0.3, -0.25) is 9.59 Å². The van der Waals surface area contributed by atoms with E-state index in [4.69, 9.17) is 4.98 Å². The molecular formula is C23H19N3O2S. The minimum Gasteiger partial charge on any atom is -0.352 e. The van der Waals surface area contributed by atoms with Crippen molar-refractivity contribution in [1.82, 2.24) is 10.3 Å². The highest BCUT2D eigenvalue weighted by Crippen LogP contribution is 2.34. The van der Waals surface area contributed by atoms with E-state index in [2.05, 4.69) is 10.6 Å². The molecule has 0 aliphatic rings. The highest BCUT2D eigenvalue weighted by Gasteiger charge is 2.13. The van der Waals surface area contributed by atoms with Crippen molar-refractivity contribution in [3.63, 3.8) is 0 Å². The SMILES string of the molecule is CC(=O)NCc1ccc(C(=O)Nc2ccccc2-c2nc3ccccc3s2)cc1. The lowest BCUT2D eigenvalue weighted by atomic mass is 10.1. The maximum Gasteiger partial charge on any atom is 0.255 e. The molecule has 0 radical (unpaired) electrons. The van der Waals surface area contributed by atoms with E-state index in [9.17, 15) is 9.59 Å². The van der Waals surface area contributed by atoms with Crippen molar-refractivity contribution >= 4 is 39.1 Å². The van der Waals surface area contributed by atoms with Crippen molar-refractivity contribution in [2.45, 2.75) is 13.5 Å². The summed E-state index contributed by atoms with van der Waals surface area (Å²) in [7, 11) is 0. The summed E-state index contributed by atoms with van der Waals surface area (Å²) in [6.07, 6.45) is 0. The third-order valence-electron chi connectivity index (χ3n) is 4.46. The number of rotatable bonds is 5. The number of thiazole rings is 1. The topological polar surface area (TPSA) is 71.1 Å². The molecule has 0 aliphatic carbocycles. The molecule has 6 heteroatoms. The van der Waals surface area contributed by atoms with Gasteiger partial charge in [0.15, 0.2) is 0 Å². The van der Waals surface area contributed by atoms with Crippen LogP contribution in [0.15, 0.2) is 72.8 Å². The maximum atomic E-state index is 12.7. The smallest absolute Gasteiger partial charge is 0.255 e. The number of amides is 2. The van der Waals surface area contributed by atoms with Crippen molar-refractivity contribution in [3.8, 4) is 10.6 Å². The molecule has 0 bridgehead atoms. The summed E-state index contributed by atoms with van der Waals surface area (Å²) in [5, 5.41) is 6.61. The third-order valence-corrected chi connectivity index (χ3v) is 5.53. The first-order chi connectivity index (χ1) is 14.1. The number of anilines is 1. The molecule has 4 aromatic rings. The minimum atomic E-state index is -0.190. The molecular weight excluding hydrogens is 382 g/mol. The molecule has 144 valence electrons. The van der Waals surface area contributed by atoms with Crippen molar-refractivity contribution < 1.29 is 9.59 Å². The molecule has 0 fully saturated rings. The highest BCUT2D eigenvalue weighted by atomic mass is 32.1. The van der Waals surface area contributed by atoms with Crippen LogP contribution in [-0.2, 0) is 11.3 Å². The molecule has 0 saturated heterocycles. The maximum absolute atomic E-state index is 12.7. The number of aromatic nitrogens is 1. The molecule has 0 unspecified atom stereocenters. The van der Waals surface area contributed by atoms with E-state index >= 15 is 0 Å². The van der Waals surface area contributed by atoms with Gasteiger partial charge in [-0.25, -0.2) is 4.98 Å². The molecule has 1 aromatic heterocycles. The predicted octanol–water partition coefficient (Wildman–Crippen LogP) is 4.85. The van der Waals surface area contributed by atoms with E-state index in [1.54, 1.807) is 23.5 Å². The average molecular weight is 401 g/mol. The Kier molecular flexibility index (Phi) is 5.35. The number of carbonyl (C=O) groups excluding carboxylic acids is 2. The van der Waals surface area contributed by atoms with Crippen LogP contribution in [0.5, 0.6) is 0 Å². The molecule has 0 spiro atoms. The fourth-order valence-corrected chi connectivity index (χ4v) is 3.97. The van der Waals surface area contributed by atoms with E-state index in [1.165, 1.54) is 6.92 Å². The van der Waals surface area contributed by atoms with Gasteiger partial charge in [0.1, 0.15) is 5.01 Å². The van der Waals surface area contributed by atoms with Gasteiger partial charge in [0.25, 0.3) is 5.91 Å². The number of benzene rings is 3. The summed E-state index contributed by atoms with van der Waals surface area (Å²) in [6, 6.07) is 22.8. The number of para-hydroxylation sites is 2. The van der Waals surface area contributed by atoms with Crippen LogP contribution in [0.4, 0.5) is 5.69 Å². The lowest BCUT2D eigenvalue weighted by molar-refractivity contribution is -0.119. The summed E-state index contributed by atoms with van der Waals surface area (Å²) >= 11 is 1.60. The summed E-state index contributed by atoms with van der Waals surface area (Å²) < 4.78 is 1.11. The van der Waals surface area contributed by atoms with Gasteiger partial charge in [-0.15, -0.1) is 11.3 Å². The number of nitrogens with one attached hydrogen (secondary N) is 2. The Morgan fingerprint density at radius 1 is 0.931 bits per heavy atom. The van der Waals surface area contributed by atoms with Crippen molar-refractivity contribution in [2.24, 2.45) is 0 Å². The number of fused-ring (bicyclic) bond motifs is 1. The van der Waals surface area contributed by atoms with E-state index < -0.39 is 0 Å². The lowest BCUT2D eigenvalue weighted by Crippen LogP contribution is -2.19. The highest BCUT2D eigenvalue weighted by molar-refractivity contribution is 7.21. The molecule has 29 heavy (non-hydrogen) atoms. The first-order valence-electron chi connectivity index (χ1n) is 9.20. The summed E-state index contributed by atoms with van der Waals surface area (Å²) in [6.45, 7) is 1.92. The average Bonchev–Trinajstić information content (AvgIpc) is 3.17. The minimum absolute atomic E-state index is 0.0849. The monoisotopic (exact) mass is 401 g/mol. The van der Waals surface area contributed by atoms with Crippen LogP contribution in [0.1, 0.15) is 22.8 Å². The Hall–Kier alpha value is -3.51. The lowest BCUT2D eigenvalue weighted by Gasteiger charge is -2.10. The standard InChI is InChI=1S/C23H19N3O2S/c1-15(27)24-14-16-10-12-17(13-11-16)22(28)25-19-7-3-2-6-18(19)23-26-20-8-4-5-9-21(20)29-23/h2-13H,14H2,1H3,(H,24,27)(H,25,28). The quantitative estimate of drug-likeness (QED) is 0.502. The van der Waals surface area contributed by atoms with Crippen LogP contribution in [0, 0.1) is 0 Å².